The molecule has 0 saturated carbocycles. The number of likely N-dealkylation sites (tertiary alicyclic amines) is 2. The average molecular weight is 647 g/mol. The van der Waals surface area contributed by atoms with Gasteiger partial charge in [-0.15, -0.1) is 11.8 Å². The van der Waals surface area contributed by atoms with Gasteiger partial charge in [0.05, 0.1) is 24.3 Å². The number of aliphatic imine (C=N–C) groups is 1. The number of thioether (sulfide) groups is 1. The summed E-state index contributed by atoms with van der Waals surface area (Å²) in [6.45, 7) is 5.13. The normalized spacial score (nSPS) is 24.6. The molecule has 45 heavy (non-hydrogen) atoms. The Balaban J connectivity index is 1.09. The molecule has 12 heteroatoms. The van der Waals surface area contributed by atoms with Gasteiger partial charge in [-0.1, -0.05) is 12.1 Å². The Morgan fingerprint density at radius 2 is 1.78 bits per heavy atom. The molecule has 1 aromatic heterocycles. The minimum atomic E-state index is -4.46. The quantitative estimate of drug-likeness (QED) is 0.268. The molecule has 3 atom stereocenters. The van der Waals surface area contributed by atoms with Crippen molar-refractivity contribution < 1.29 is 22.7 Å². The predicted molar refractivity (Wildman–Crippen MR) is 169 cm³/mol. The molecule has 244 valence electrons. The van der Waals surface area contributed by atoms with Crippen LogP contribution in [0.15, 0.2) is 64.3 Å². The van der Waals surface area contributed by atoms with Crippen LogP contribution in [0.4, 0.5) is 17.6 Å². The van der Waals surface area contributed by atoms with Gasteiger partial charge in [0.2, 0.25) is 0 Å². The number of aromatic nitrogens is 1. The fourth-order valence-corrected chi connectivity index (χ4v) is 8.10. The van der Waals surface area contributed by atoms with Gasteiger partial charge in [-0.2, -0.15) is 13.2 Å². The molecule has 2 unspecified atom stereocenters. The summed E-state index contributed by atoms with van der Waals surface area (Å²) in [6.07, 6.45) is 2.66. The van der Waals surface area contributed by atoms with E-state index in [0.717, 1.165) is 42.9 Å². The zero-order chi connectivity index (χ0) is 31.4. The molecule has 2 N–H and O–H groups in total. The number of hydrazine groups is 1. The molecule has 4 aliphatic rings. The number of pyridine rings is 1. The number of fused-ring (bicyclic) bond motifs is 1. The van der Waals surface area contributed by atoms with E-state index in [1.54, 1.807) is 18.3 Å². The predicted octanol–water partition coefficient (Wildman–Crippen LogP) is 5.31. The first-order chi connectivity index (χ1) is 21.7. The zero-order valence-corrected chi connectivity index (χ0v) is 26.2. The van der Waals surface area contributed by atoms with Gasteiger partial charge in [-0.05, 0) is 74.7 Å². The Hall–Kier alpha value is -2.51. The maximum absolute atomic E-state index is 14.0. The van der Waals surface area contributed by atoms with Crippen LogP contribution in [0, 0.1) is 5.92 Å². The van der Waals surface area contributed by atoms with Crippen molar-refractivity contribution in [1.82, 2.24) is 25.2 Å². The van der Waals surface area contributed by atoms with Gasteiger partial charge in [-0.25, -0.2) is 9.82 Å². The Kier molecular flexibility index (Phi) is 10.5. The highest BCUT2D eigenvalue weighted by molar-refractivity contribution is 7.99. The number of hydrogen-bond donors (Lipinski definition) is 2. The number of hydrogen-bond acceptors (Lipinski definition) is 8. The van der Waals surface area contributed by atoms with Crippen molar-refractivity contribution in [3.63, 3.8) is 0 Å². The summed E-state index contributed by atoms with van der Waals surface area (Å²) in [7, 11) is 0. The molecule has 4 aliphatic heterocycles. The van der Waals surface area contributed by atoms with E-state index in [-0.39, 0.29) is 16.9 Å². The molecule has 7 nitrogen and oxygen atoms in total. The highest BCUT2D eigenvalue weighted by Gasteiger charge is 2.40. The highest BCUT2D eigenvalue weighted by atomic mass is 32.2. The lowest BCUT2D eigenvalue weighted by molar-refractivity contribution is -0.139. The van der Waals surface area contributed by atoms with E-state index >= 15 is 0 Å². The van der Waals surface area contributed by atoms with Gasteiger partial charge < -0.3 is 19.9 Å². The number of alkyl halides is 4. The number of aliphatic hydroxyl groups is 1. The number of allylic oxidation sites excluding steroid dienone is 1. The van der Waals surface area contributed by atoms with Crippen LogP contribution < -0.4 is 5.43 Å². The molecule has 1 aromatic carbocycles. The van der Waals surface area contributed by atoms with E-state index in [2.05, 4.69) is 31.3 Å². The van der Waals surface area contributed by atoms with Crippen LogP contribution in [0.25, 0.3) is 0 Å². The second-order valence-electron chi connectivity index (χ2n) is 12.5. The zero-order valence-electron chi connectivity index (χ0n) is 25.4. The summed E-state index contributed by atoms with van der Waals surface area (Å²) in [5, 5.41) is 13.1. The number of piperidine rings is 2. The summed E-state index contributed by atoms with van der Waals surface area (Å²) >= 11 is 1.21. The van der Waals surface area contributed by atoms with E-state index in [1.807, 2.05) is 29.4 Å². The third-order valence-electron chi connectivity index (χ3n) is 9.45. The second kappa shape index (κ2) is 14.5. The summed E-state index contributed by atoms with van der Waals surface area (Å²) in [5.41, 5.74) is 5.77. The first-order valence-electron chi connectivity index (χ1n) is 16.0. The molecule has 0 radical (unpaired) electrons. The van der Waals surface area contributed by atoms with Gasteiger partial charge in [0.25, 0.3) is 0 Å². The Morgan fingerprint density at radius 3 is 2.51 bits per heavy atom. The summed E-state index contributed by atoms with van der Waals surface area (Å²) in [4.78, 5) is 13.6. The first-order valence-corrected chi connectivity index (χ1v) is 17.0. The number of dihydropyridines is 1. The fraction of sp³-hybridized carbons (Fsp3) is 0.576. The summed E-state index contributed by atoms with van der Waals surface area (Å²) in [6, 6.07) is 10.2. The van der Waals surface area contributed by atoms with Crippen LogP contribution in [0.5, 0.6) is 0 Å². The van der Waals surface area contributed by atoms with Gasteiger partial charge in [0, 0.05) is 79.0 Å². The van der Waals surface area contributed by atoms with Crippen LogP contribution in [-0.4, -0.2) is 102 Å². The van der Waals surface area contributed by atoms with Crippen LogP contribution in [-0.2, 0) is 6.18 Å². The van der Waals surface area contributed by atoms with E-state index < -0.39 is 24.0 Å². The topological polar surface area (TPSA) is 67.2 Å². The van der Waals surface area contributed by atoms with Crippen molar-refractivity contribution in [3.05, 3.63) is 71.2 Å². The molecule has 0 amide bonds. The number of rotatable bonds is 10. The van der Waals surface area contributed by atoms with Crippen LogP contribution in [0.1, 0.15) is 54.5 Å². The van der Waals surface area contributed by atoms with E-state index in [9.17, 15) is 22.7 Å². The van der Waals surface area contributed by atoms with Gasteiger partial charge >= 0.3 is 6.18 Å². The maximum Gasteiger partial charge on any atom is 0.417 e. The Bertz CT molecular complexity index is 1330. The molecular formula is C33H42F4N6OS. The molecule has 5 heterocycles. The van der Waals surface area contributed by atoms with Gasteiger partial charge in [0.1, 0.15) is 6.17 Å². The third-order valence-corrected chi connectivity index (χ3v) is 10.5. The SMILES string of the molecule is O[C@@H](CN1CCC(c2ccccn2)CC1)CN1NC(c2ccc(C(F)(F)F)c(SCCN3CCC(F)CC3)c2)C2CN=CC=C21. The Morgan fingerprint density at radius 1 is 1.00 bits per heavy atom. The summed E-state index contributed by atoms with van der Waals surface area (Å²) in [5.74, 6) is 0.888. The van der Waals surface area contributed by atoms with Crippen LogP contribution in [0.3, 0.4) is 0 Å². The first kappa shape index (κ1) is 32.4. The number of halogens is 4. The number of benzene rings is 1. The lowest BCUT2D eigenvalue weighted by atomic mass is 9.90. The van der Waals surface area contributed by atoms with Crippen molar-refractivity contribution >= 4 is 18.0 Å². The highest BCUT2D eigenvalue weighted by Crippen LogP contribution is 2.42. The minimum Gasteiger partial charge on any atom is -0.390 e. The lowest BCUT2D eigenvalue weighted by Crippen LogP contribution is -2.44. The van der Waals surface area contributed by atoms with Crippen molar-refractivity contribution in [2.24, 2.45) is 10.9 Å². The van der Waals surface area contributed by atoms with Crippen molar-refractivity contribution in [3.8, 4) is 0 Å². The van der Waals surface area contributed by atoms with E-state index in [1.165, 1.54) is 17.8 Å². The maximum atomic E-state index is 14.0. The number of nitrogens with one attached hydrogen (secondary N) is 1. The molecule has 0 bridgehead atoms. The van der Waals surface area contributed by atoms with Crippen molar-refractivity contribution in [2.45, 2.75) is 61.0 Å². The van der Waals surface area contributed by atoms with Crippen LogP contribution >= 0.6 is 11.8 Å². The Labute approximate surface area is 266 Å². The van der Waals surface area contributed by atoms with Crippen molar-refractivity contribution in [1.29, 1.82) is 0 Å². The molecule has 2 aromatic rings. The monoisotopic (exact) mass is 646 g/mol. The molecule has 6 rings (SSSR count). The molecule has 3 fully saturated rings. The smallest absolute Gasteiger partial charge is 0.390 e. The number of nitrogens with zero attached hydrogens (tertiary/aromatic N) is 5. The second-order valence-corrected chi connectivity index (χ2v) is 13.7. The van der Waals surface area contributed by atoms with Crippen molar-refractivity contribution in [2.75, 3.05) is 58.1 Å². The summed E-state index contributed by atoms with van der Waals surface area (Å²) < 4.78 is 55.5. The fourth-order valence-electron chi connectivity index (χ4n) is 6.98. The number of β-amino-alcohol motifs (C(OH)–C–C–N with tert-alkyl or cyclic N) is 1. The van der Waals surface area contributed by atoms with E-state index in [0.29, 0.717) is 63.8 Å². The van der Waals surface area contributed by atoms with E-state index in [4.69, 9.17) is 0 Å². The molecule has 0 aliphatic carbocycles. The van der Waals surface area contributed by atoms with Crippen LogP contribution in [0.2, 0.25) is 0 Å². The largest absolute Gasteiger partial charge is 0.417 e. The molecule has 3 saturated heterocycles. The third kappa shape index (κ3) is 8.08. The molecule has 0 spiro atoms. The molecular weight excluding hydrogens is 604 g/mol. The van der Waals surface area contributed by atoms with Gasteiger partial charge in [-0.3, -0.25) is 9.98 Å². The van der Waals surface area contributed by atoms with Gasteiger partial charge in [0.15, 0.2) is 0 Å². The lowest BCUT2D eigenvalue weighted by Gasteiger charge is -2.34. The standard InChI is InChI=1S/C33H42F4N6OS/c34-25-9-15-41(16-10-25)17-18-45-31-19-24(4-5-28(31)33(35,36)37)32-27-20-38-12-6-30(27)43(40-32)22-26(44)21-42-13-7-23(8-14-42)29-3-1-2-11-39-29/h1-6,11-12,19,23,25-27,32,40,44H,7-10,13-18,20-22H2/t26-,27?,32?/m0/s1. The number of aliphatic hydroxyl groups excluding tert-OH is 1. The average Bonchev–Trinajstić information content (AvgIpc) is 3.40. The minimum absolute atomic E-state index is 0.0482.